The molecule has 2 heteroatoms. The molecule has 94 valence electrons. The zero-order valence-corrected chi connectivity index (χ0v) is 11.2. The maximum Gasteiger partial charge on any atom is 0.0941 e. The van der Waals surface area contributed by atoms with Gasteiger partial charge in [-0.05, 0) is 18.2 Å². The number of likely N-dealkylation sites (N-methyl/N-ethyl adjacent to an activating group) is 1. The summed E-state index contributed by atoms with van der Waals surface area (Å²) in [5, 5.41) is 0. The molecule has 1 aliphatic carbocycles. The monoisotopic (exact) mass is 248 g/mol. The van der Waals surface area contributed by atoms with Crippen LogP contribution in [0.2, 0.25) is 0 Å². The molecule has 1 unspecified atom stereocenters. The minimum absolute atomic E-state index is 0.0205. The lowest BCUT2D eigenvalue weighted by atomic mass is 9.91. The Bertz CT molecular complexity index is 675. The third-order valence-corrected chi connectivity index (χ3v) is 4.60. The maximum atomic E-state index is 4.55. The number of rotatable bonds is 1. The Labute approximate surface area is 113 Å². The van der Waals surface area contributed by atoms with Crippen molar-refractivity contribution in [2.24, 2.45) is 4.99 Å². The van der Waals surface area contributed by atoms with Crippen LogP contribution >= 0.6 is 0 Å². The molecular formula is C17H16N2. The van der Waals surface area contributed by atoms with Gasteiger partial charge in [0.1, 0.15) is 0 Å². The number of fused-ring (bicyclic) bond motifs is 3. The van der Waals surface area contributed by atoms with Gasteiger partial charge in [-0.25, -0.2) is 0 Å². The van der Waals surface area contributed by atoms with Crippen LogP contribution in [0.1, 0.15) is 16.7 Å². The summed E-state index contributed by atoms with van der Waals surface area (Å²) in [5.41, 5.74) is 5.33. The summed E-state index contributed by atoms with van der Waals surface area (Å²) < 4.78 is 0. The highest BCUT2D eigenvalue weighted by Crippen LogP contribution is 2.60. The van der Waals surface area contributed by atoms with Gasteiger partial charge in [-0.2, -0.15) is 0 Å². The van der Waals surface area contributed by atoms with Gasteiger partial charge in [0.25, 0.3) is 0 Å². The molecule has 2 aromatic carbocycles. The van der Waals surface area contributed by atoms with E-state index in [2.05, 4.69) is 71.5 Å². The quantitative estimate of drug-likeness (QED) is 0.708. The van der Waals surface area contributed by atoms with Crippen molar-refractivity contribution in [3.63, 3.8) is 0 Å². The number of hydrogen-bond donors (Lipinski definition) is 0. The molecular weight excluding hydrogens is 232 g/mol. The molecule has 3 atom stereocenters. The van der Waals surface area contributed by atoms with Gasteiger partial charge in [-0.15, -0.1) is 0 Å². The lowest BCUT2D eigenvalue weighted by molar-refractivity contribution is 0.534. The average Bonchev–Trinajstić information content (AvgIpc) is 2.95. The van der Waals surface area contributed by atoms with Crippen molar-refractivity contribution in [3.8, 4) is 0 Å². The van der Waals surface area contributed by atoms with Crippen LogP contribution < -0.4 is 0 Å². The molecule has 0 aromatic heterocycles. The third-order valence-electron chi connectivity index (χ3n) is 4.60. The molecule has 1 aliphatic heterocycles. The predicted octanol–water partition coefficient (Wildman–Crippen LogP) is 2.68. The van der Waals surface area contributed by atoms with Crippen LogP contribution in [0.3, 0.4) is 0 Å². The Morgan fingerprint density at radius 3 is 2.42 bits per heavy atom. The zero-order chi connectivity index (χ0) is 13.0. The van der Waals surface area contributed by atoms with Crippen LogP contribution in [0.25, 0.3) is 0 Å². The maximum absolute atomic E-state index is 4.55. The molecule has 1 saturated heterocycles. The summed E-state index contributed by atoms with van der Waals surface area (Å²) in [4.78, 5) is 6.97. The second-order valence-corrected chi connectivity index (χ2v) is 5.30. The van der Waals surface area contributed by atoms with Crippen LogP contribution in [0.5, 0.6) is 0 Å². The molecule has 0 spiro atoms. The van der Waals surface area contributed by atoms with Crippen molar-refractivity contribution in [3.05, 3.63) is 71.3 Å². The lowest BCUT2D eigenvalue weighted by Crippen LogP contribution is -2.16. The molecule has 2 aliphatic rings. The van der Waals surface area contributed by atoms with Gasteiger partial charge in [0.2, 0.25) is 0 Å². The number of aliphatic imine (C=N–C) groups is 1. The van der Waals surface area contributed by atoms with E-state index in [1.165, 1.54) is 22.4 Å². The van der Waals surface area contributed by atoms with E-state index in [-0.39, 0.29) is 5.54 Å². The first-order valence-electron chi connectivity index (χ1n) is 6.67. The van der Waals surface area contributed by atoms with Crippen molar-refractivity contribution < 1.29 is 0 Å². The van der Waals surface area contributed by atoms with Gasteiger partial charge in [-0.3, -0.25) is 9.89 Å². The lowest BCUT2D eigenvalue weighted by Gasteiger charge is -2.17. The standard InChI is InChI=1S/C17H16N2/c1-18-15-13-10-6-7-11-14(13)17(16(15)19(17)2)12-8-4-3-5-9-12/h3-11,16H,1-2H3/t16-,17+,19?/m1/s1. The molecule has 0 radical (unpaired) electrons. The molecule has 1 fully saturated rings. The topological polar surface area (TPSA) is 15.4 Å². The molecule has 2 aromatic rings. The first-order valence-corrected chi connectivity index (χ1v) is 6.67. The summed E-state index contributed by atoms with van der Waals surface area (Å²) in [7, 11) is 4.10. The molecule has 0 N–H and O–H groups in total. The minimum Gasteiger partial charge on any atom is -0.291 e. The van der Waals surface area contributed by atoms with Crippen molar-refractivity contribution in [2.45, 2.75) is 11.6 Å². The van der Waals surface area contributed by atoms with Gasteiger partial charge in [-0.1, -0.05) is 54.6 Å². The van der Waals surface area contributed by atoms with Crippen LogP contribution in [0, 0.1) is 0 Å². The van der Waals surface area contributed by atoms with E-state index in [1.54, 1.807) is 0 Å². The first-order chi connectivity index (χ1) is 9.31. The van der Waals surface area contributed by atoms with Gasteiger partial charge < -0.3 is 0 Å². The van der Waals surface area contributed by atoms with E-state index < -0.39 is 0 Å². The highest BCUT2D eigenvalue weighted by atomic mass is 15.4. The number of benzene rings is 2. The molecule has 4 rings (SSSR count). The Morgan fingerprint density at radius 1 is 1.00 bits per heavy atom. The molecule has 0 amide bonds. The van der Waals surface area contributed by atoms with Crippen molar-refractivity contribution in [2.75, 3.05) is 14.1 Å². The van der Waals surface area contributed by atoms with E-state index in [0.717, 1.165) is 0 Å². The van der Waals surface area contributed by atoms with Gasteiger partial charge >= 0.3 is 0 Å². The fourth-order valence-corrected chi connectivity index (χ4v) is 3.77. The van der Waals surface area contributed by atoms with Crippen molar-refractivity contribution in [1.29, 1.82) is 0 Å². The molecule has 19 heavy (non-hydrogen) atoms. The van der Waals surface area contributed by atoms with E-state index >= 15 is 0 Å². The molecule has 2 nitrogen and oxygen atoms in total. The zero-order valence-electron chi connectivity index (χ0n) is 11.2. The number of hydrogen-bond acceptors (Lipinski definition) is 2. The average molecular weight is 248 g/mol. The largest absolute Gasteiger partial charge is 0.291 e. The van der Waals surface area contributed by atoms with E-state index in [9.17, 15) is 0 Å². The van der Waals surface area contributed by atoms with Gasteiger partial charge in [0.15, 0.2) is 0 Å². The minimum atomic E-state index is 0.0205. The van der Waals surface area contributed by atoms with E-state index in [1.807, 2.05) is 7.05 Å². The smallest absolute Gasteiger partial charge is 0.0941 e. The van der Waals surface area contributed by atoms with Crippen molar-refractivity contribution >= 4 is 5.71 Å². The second-order valence-electron chi connectivity index (χ2n) is 5.30. The van der Waals surface area contributed by atoms with Crippen LogP contribution in [-0.2, 0) is 5.54 Å². The summed E-state index contributed by atoms with van der Waals surface area (Å²) in [6.45, 7) is 0. The number of nitrogens with zero attached hydrogens (tertiary/aromatic N) is 2. The van der Waals surface area contributed by atoms with Crippen LogP contribution in [0.15, 0.2) is 59.6 Å². The molecule has 0 saturated carbocycles. The predicted molar refractivity (Wildman–Crippen MR) is 77.7 cm³/mol. The fraction of sp³-hybridized carbons (Fsp3) is 0.235. The summed E-state index contributed by atoms with van der Waals surface area (Å²) >= 11 is 0. The van der Waals surface area contributed by atoms with E-state index in [4.69, 9.17) is 0 Å². The van der Waals surface area contributed by atoms with Crippen LogP contribution in [-0.4, -0.2) is 30.7 Å². The summed E-state index contributed by atoms with van der Waals surface area (Å²) in [6.07, 6.45) is 0. The highest BCUT2D eigenvalue weighted by Gasteiger charge is 2.69. The fourth-order valence-electron chi connectivity index (χ4n) is 3.77. The highest BCUT2D eigenvalue weighted by molar-refractivity contribution is 6.13. The Morgan fingerprint density at radius 2 is 1.68 bits per heavy atom. The van der Waals surface area contributed by atoms with Crippen molar-refractivity contribution in [1.82, 2.24) is 4.90 Å². The van der Waals surface area contributed by atoms with Crippen LogP contribution in [0.4, 0.5) is 0 Å². The summed E-state index contributed by atoms with van der Waals surface area (Å²) in [6, 6.07) is 19.9. The Kier molecular flexibility index (Phi) is 2.04. The van der Waals surface area contributed by atoms with Gasteiger partial charge in [0.05, 0.1) is 17.3 Å². The molecule has 0 bridgehead atoms. The normalized spacial score (nSPS) is 33.1. The SMILES string of the molecule is CN=C1c2ccccc2[C@@]2(c3ccccc3)[C@@H]1N2C. The second kappa shape index (κ2) is 3.55. The first kappa shape index (κ1) is 10.9. The third kappa shape index (κ3) is 1.13. The Balaban J connectivity index is 2.01. The van der Waals surface area contributed by atoms with E-state index in [0.29, 0.717) is 6.04 Å². The molecule has 1 heterocycles. The Hall–Kier alpha value is -1.93. The summed E-state index contributed by atoms with van der Waals surface area (Å²) in [5.74, 6) is 0. The van der Waals surface area contributed by atoms with Gasteiger partial charge in [0, 0.05) is 12.6 Å².